The van der Waals surface area contributed by atoms with Gasteiger partial charge in [0.15, 0.2) is 12.4 Å². The van der Waals surface area contributed by atoms with Gasteiger partial charge in [0.1, 0.15) is 10.6 Å². The Hall–Kier alpha value is -3.23. The molecule has 1 aromatic heterocycles. The number of thiophene rings is 1. The van der Waals surface area contributed by atoms with E-state index in [1.165, 1.54) is 53.8 Å². The summed E-state index contributed by atoms with van der Waals surface area (Å²) >= 11 is 7.21. The number of rotatable bonds is 7. The summed E-state index contributed by atoms with van der Waals surface area (Å²) in [6.07, 6.45) is 0. The van der Waals surface area contributed by atoms with Gasteiger partial charge in [-0.2, -0.15) is 0 Å². The van der Waals surface area contributed by atoms with E-state index in [0.717, 1.165) is 0 Å². The smallest absolute Gasteiger partial charge is 0.348 e. The molecule has 0 saturated heterocycles. The number of benzene rings is 2. The van der Waals surface area contributed by atoms with E-state index in [-0.39, 0.29) is 28.0 Å². The highest BCUT2D eigenvalue weighted by Crippen LogP contribution is 2.37. The van der Waals surface area contributed by atoms with Crippen molar-refractivity contribution in [3.8, 4) is 11.5 Å². The van der Waals surface area contributed by atoms with Crippen LogP contribution in [-0.4, -0.2) is 23.3 Å². The lowest BCUT2D eigenvalue weighted by molar-refractivity contribution is -0.385. The first kappa shape index (κ1) is 19.5. The van der Waals surface area contributed by atoms with Crippen LogP contribution in [0.25, 0.3) is 0 Å². The van der Waals surface area contributed by atoms with Gasteiger partial charge in [-0.05, 0) is 41.8 Å². The lowest BCUT2D eigenvalue weighted by atomic mass is 10.1. The van der Waals surface area contributed by atoms with Gasteiger partial charge in [0, 0.05) is 11.6 Å². The van der Waals surface area contributed by atoms with Crippen LogP contribution in [0.15, 0.2) is 60.0 Å². The van der Waals surface area contributed by atoms with Crippen LogP contribution in [0.2, 0.25) is 5.02 Å². The number of nitrogens with zero attached hydrogens (tertiary/aromatic N) is 1. The van der Waals surface area contributed by atoms with Gasteiger partial charge >= 0.3 is 11.7 Å². The number of halogens is 1. The van der Waals surface area contributed by atoms with Crippen molar-refractivity contribution in [3.05, 3.63) is 85.6 Å². The number of ether oxygens (including phenoxy) is 2. The number of nitro groups is 1. The van der Waals surface area contributed by atoms with Crippen molar-refractivity contribution in [2.75, 3.05) is 6.61 Å². The van der Waals surface area contributed by atoms with Gasteiger partial charge in [-0.15, -0.1) is 11.3 Å². The van der Waals surface area contributed by atoms with E-state index in [9.17, 15) is 19.7 Å². The fraction of sp³-hybridized carbons (Fsp3) is 0.0526. The van der Waals surface area contributed by atoms with Crippen molar-refractivity contribution in [2.24, 2.45) is 0 Å². The molecule has 0 unspecified atom stereocenters. The van der Waals surface area contributed by atoms with Crippen LogP contribution in [0.5, 0.6) is 11.5 Å². The normalized spacial score (nSPS) is 10.3. The van der Waals surface area contributed by atoms with Crippen LogP contribution >= 0.6 is 22.9 Å². The minimum Gasteiger partial charge on any atom is -0.453 e. The molecular formula is C19H12ClNO6S. The quantitative estimate of drug-likeness (QED) is 0.228. The second-order valence-corrected chi connectivity index (χ2v) is 6.80. The molecule has 0 atom stereocenters. The van der Waals surface area contributed by atoms with Crippen LogP contribution in [0.3, 0.4) is 0 Å². The molecule has 0 aliphatic carbocycles. The third-order valence-electron chi connectivity index (χ3n) is 3.60. The first-order valence-corrected chi connectivity index (χ1v) is 9.16. The van der Waals surface area contributed by atoms with Crippen molar-refractivity contribution in [1.29, 1.82) is 0 Å². The summed E-state index contributed by atoms with van der Waals surface area (Å²) in [5.74, 6) is -0.768. The number of hydrogen-bond acceptors (Lipinski definition) is 7. The van der Waals surface area contributed by atoms with Crippen LogP contribution in [-0.2, 0) is 4.74 Å². The zero-order valence-corrected chi connectivity index (χ0v) is 15.7. The number of carbonyl (C=O) groups excluding carboxylic acids is 2. The molecule has 7 nitrogen and oxygen atoms in total. The topological polar surface area (TPSA) is 95.7 Å². The molecule has 142 valence electrons. The second kappa shape index (κ2) is 8.64. The summed E-state index contributed by atoms with van der Waals surface area (Å²) in [6.45, 7) is -0.396. The molecule has 1 heterocycles. The van der Waals surface area contributed by atoms with Gasteiger partial charge in [-0.25, -0.2) is 4.79 Å². The lowest BCUT2D eigenvalue weighted by Crippen LogP contribution is -2.13. The average molecular weight is 418 g/mol. The average Bonchev–Trinajstić information content (AvgIpc) is 3.22. The Morgan fingerprint density at radius 3 is 2.46 bits per heavy atom. The highest BCUT2D eigenvalue weighted by molar-refractivity contribution is 7.11. The monoisotopic (exact) mass is 417 g/mol. The molecule has 0 bridgehead atoms. The van der Waals surface area contributed by atoms with E-state index in [0.29, 0.717) is 10.4 Å². The summed E-state index contributed by atoms with van der Waals surface area (Å²) in [7, 11) is 0. The van der Waals surface area contributed by atoms with E-state index in [1.54, 1.807) is 17.5 Å². The van der Waals surface area contributed by atoms with Crippen molar-refractivity contribution >= 4 is 40.4 Å². The van der Waals surface area contributed by atoms with Gasteiger partial charge in [0.25, 0.3) is 0 Å². The molecule has 0 amide bonds. The number of hydrogen-bond donors (Lipinski definition) is 0. The summed E-state index contributed by atoms with van der Waals surface area (Å²) in [5, 5.41) is 12.9. The summed E-state index contributed by atoms with van der Waals surface area (Å²) in [4.78, 5) is 34.8. The highest BCUT2D eigenvalue weighted by atomic mass is 35.5. The Bertz CT molecular complexity index is 1020. The number of Topliss-reactive ketones (excluding diaryl/α,β-unsaturated/α-hetero) is 1. The number of para-hydroxylation sites is 1. The van der Waals surface area contributed by atoms with Crippen LogP contribution in [0, 0.1) is 10.1 Å². The molecule has 3 rings (SSSR count). The maximum absolute atomic E-state index is 12.2. The molecule has 0 radical (unpaired) electrons. The molecule has 0 spiro atoms. The van der Waals surface area contributed by atoms with E-state index in [2.05, 4.69) is 0 Å². The summed E-state index contributed by atoms with van der Waals surface area (Å²) in [5.41, 5.74) is 0.0353. The van der Waals surface area contributed by atoms with Crippen LogP contribution < -0.4 is 4.74 Å². The zero-order chi connectivity index (χ0) is 20.1. The largest absolute Gasteiger partial charge is 0.453 e. The zero-order valence-electron chi connectivity index (χ0n) is 14.2. The maximum atomic E-state index is 12.2. The molecule has 28 heavy (non-hydrogen) atoms. The van der Waals surface area contributed by atoms with E-state index >= 15 is 0 Å². The van der Waals surface area contributed by atoms with E-state index in [4.69, 9.17) is 21.1 Å². The maximum Gasteiger partial charge on any atom is 0.348 e. The molecule has 0 aliphatic rings. The standard InChI is InChI=1S/C19H12ClNO6S/c20-14-3-1-4-15(21(24)25)18(14)27-13-8-6-12(7-9-13)16(22)11-26-19(23)17-5-2-10-28-17/h1-10H,11H2. The molecule has 2 aromatic carbocycles. The lowest BCUT2D eigenvalue weighted by Gasteiger charge is -2.09. The number of carbonyl (C=O) groups is 2. The van der Waals surface area contributed by atoms with E-state index < -0.39 is 17.5 Å². The Balaban J connectivity index is 1.66. The molecule has 0 aliphatic heterocycles. The van der Waals surface area contributed by atoms with Crippen molar-refractivity contribution in [3.63, 3.8) is 0 Å². The number of ketones is 1. The Kier molecular flexibility index (Phi) is 6.03. The fourth-order valence-electron chi connectivity index (χ4n) is 2.25. The molecule has 3 aromatic rings. The Morgan fingerprint density at radius 2 is 1.82 bits per heavy atom. The first-order valence-electron chi connectivity index (χ1n) is 7.90. The van der Waals surface area contributed by atoms with Crippen molar-refractivity contribution in [2.45, 2.75) is 0 Å². The van der Waals surface area contributed by atoms with Crippen molar-refractivity contribution < 1.29 is 24.0 Å². The van der Waals surface area contributed by atoms with Gasteiger partial charge in [-0.3, -0.25) is 14.9 Å². The van der Waals surface area contributed by atoms with Gasteiger partial charge in [0.2, 0.25) is 5.75 Å². The predicted molar refractivity (Wildman–Crippen MR) is 104 cm³/mol. The predicted octanol–water partition coefficient (Wildman–Crippen LogP) is 5.14. The third kappa shape index (κ3) is 4.54. The SMILES string of the molecule is O=C(COC(=O)c1cccs1)c1ccc(Oc2c(Cl)cccc2[N+](=O)[O-])cc1. The Morgan fingerprint density at radius 1 is 1.07 bits per heavy atom. The summed E-state index contributed by atoms with van der Waals surface area (Å²) in [6, 6.07) is 13.4. The minimum absolute atomic E-state index is 0.0851. The van der Waals surface area contributed by atoms with Crippen LogP contribution in [0.4, 0.5) is 5.69 Å². The van der Waals surface area contributed by atoms with Crippen LogP contribution in [0.1, 0.15) is 20.0 Å². The minimum atomic E-state index is -0.596. The second-order valence-electron chi connectivity index (χ2n) is 5.45. The fourth-order valence-corrected chi connectivity index (χ4v) is 3.07. The third-order valence-corrected chi connectivity index (χ3v) is 4.74. The summed E-state index contributed by atoms with van der Waals surface area (Å²) < 4.78 is 10.5. The van der Waals surface area contributed by atoms with Gasteiger partial charge in [-0.1, -0.05) is 23.7 Å². The highest BCUT2D eigenvalue weighted by Gasteiger charge is 2.19. The Labute approximate surface area is 168 Å². The van der Waals surface area contributed by atoms with E-state index in [1.807, 2.05) is 0 Å². The number of esters is 1. The van der Waals surface area contributed by atoms with Gasteiger partial charge < -0.3 is 9.47 Å². The van der Waals surface area contributed by atoms with Gasteiger partial charge in [0.05, 0.1) is 9.95 Å². The number of nitro benzene ring substituents is 1. The first-order chi connectivity index (χ1) is 13.5. The molecule has 0 saturated carbocycles. The molecule has 0 fully saturated rings. The molecule has 9 heteroatoms. The molecule has 0 N–H and O–H groups in total. The van der Waals surface area contributed by atoms with Crippen molar-refractivity contribution in [1.82, 2.24) is 0 Å². The molecular weight excluding hydrogens is 406 g/mol.